The number of nitrogens with zero attached hydrogens (tertiary/aromatic N) is 1. The Morgan fingerprint density at radius 1 is 1.27 bits per heavy atom. The van der Waals surface area contributed by atoms with E-state index < -0.39 is 5.54 Å². The van der Waals surface area contributed by atoms with E-state index in [9.17, 15) is 9.59 Å². The quantitative estimate of drug-likeness (QED) is 0.815. The van der Waals surface area contributed by atoms with E-state index in [1.807, 2.05) is 38.1 Å². The fourth-order valence-electron chi connectivity index (χ4n) is 4.07. The van der Waals surface area contributed by atoms with Gasteiger partial charge in [-0.2, -0.15) is 0 Å². The third kappa shape index (κ3) is 4.02. The molecule has 5 heteroatoms. The second kappa shape index (κ2) is 8.11. The molecule has 2 fully saturated rings. The van der Waals surface area contributed by atoms with Gasteiger partial charge in [0.1, 0.15) is 11.3 Å². The molecule has 2 amide bonds. The highest BCUT2D eigenvalue weighted by Gasteiger charge is 2.47. The van der Waals surface area contributed by atoms with Crippen LogP contribution in [0.25, 0.3) is 0 Å². The molecule has 3 rings (SSSR count). The number of ether oxygens (including phenoxy) is 1. The van der Waals surface area contributed by atoms with Gasteiger partial charge in [0.05, 0.1) is 6.61 Å². The van der Waals surface area contributed by atoms with E-state index in [1.165, 1.54) is 12.8 Å². The molecule has 1 N–H and O–H groups in total. The maximum absolute atomic E-state index is 12.9. The van der Waals surface area contributed by atoms with E-state index >= 15 is 0 Å². The van der Waals surface area contributed by atoms with E-state index in [-0.39, 0.29) is 17.9 Å². The van der Waals surface area contributed by atoms with Gasteiger partial charge in [-0.1, -0.05) is 25.0 Å². The molecule has 1 saturated heterocycles. The fraction of sp³-hybridized carbons (Fsp3) is 0.619. The summed E-state index contributed by atoms with van der Waals surface area (Å²) in [6.45, 7) is 5.10. The van der Waals surface area contributed by atoms with Gasteiger partial charge in [-0.25, -0.2) is 0 Å². The molecule has 1 aromatic carbocycles. The van der Waals surface area contributed by atoms with Crippen molar-refractivity contribution < 1.29 is 14.3 Å². The average Bonchev–Trinajstić information content (AvgIpc) is 3.24. The van der Waals surface area contributed by atoms with E-state index in [1.54, 1.807) is 4.90 Å². The Bertz CT molecular complexity index is 637. The first-order valence-electron chi connectivity index (χ1n) is 9.86. The molecule has 0 spiro atoms. The number of hydrogen-bond acceptors (Lipinski definition) is 3. The maximum atomic E-state index is 12.9. The van der Waals surface area contributed by atoms with Crippen LogP contribution in [-0.2, 0) is 16.0 Å². The molecular weight excluding hydrogens is 328 g/mol. The Morgan fingerprint density at radius 3 is 2.62 bits per heavy atom. The number of nitrogens with one attached hydrogen (secondary N) is 1. The van der Waals surface area contributed by atoms with E-state index in [0.717, 1.165) is 30.6 Å². The normalized spacial score (nSPS) is 23.5. The molecule has 26 heavy (non-hydrogen) atoms. The smallest absolute Gasteiger partial charge is 0.245 e. The molecule has 1 saturated carbocycles. The van der Waals surface area contributed by atoms with Crippen molar-refractivity contribution in [2.24, 2.45) is 0 Å². The van der Waals surface area contributed by atoms with Crippen LogP contribution in [0.3, 0.4) is 0 Å². The fourth-order valence-corrected chi connectivity index (χ4v) is 4.07. The van der Waals surface area contributed by atoms with Crippen molar-refractivity contribution in [2.45, 2.75) is 70.4 Å². The largest absolute Gasteiger partial charge is 0.494 e. The standard InChI is InChI=1S/C21H30N2O3/c1-3-26-18-10-8-16(9-11-18)13-15-23-19(24)12-14-21(23,2)20(25)22-17-6-4-5-7-17/h8-11,17H,3-7,12-15H2,1-2H3,(H,22,25)/t21-/m0/s1. The van der Waals surface area contributed by atoms with Crippen molar-refractivity contribution in [3.63, 3.8) is 0 Å². The molecule has 5 nitrogen and oxygen atoms in total. The molecule has 2 aliphatic rings. The summed E-state index contributed by atoms with van der Waals surface area (Å²) in [5.41, 5.74) is 0.428. The van der Waals surface area contributed by atoms with Crippen LogP contribution in [0.2, 0.25) is 0 Å². The van der Waals surface area contributed by atoms with Crippen molar-refractivity contribution in [3.8, 4) is 5.75 Å². The van der Waals surface area contributed by atoms with Crippen molar-refractivity contribution in [2.75, 3.05) is 13.2 Å². The number of amides is 2. The molecule has 1 aliphatic heterocycles. The first kappa shape index (κ1) is 18.7. The molecule has 0 radical (unpaired) electrons. The van der Waals surface area contributed by atoms with Crippen LogP contribution in [0, 0.1) is 0 Å². The number of benzene rings is 1. The van der Waals surface area contributed by atoms with E-state index in [2.05, 4.69) is 5.32 Å². The number of hydrogen-bond donors (Lipinski definition) is 1. The second-order valence-electron chi connectivity index (χ2n) is 7.60. The Hall–Kier alpha value is -2.04. The first-order chi connectivity index (χ1) is 12.5. The summed E-state index contributed by atoms with van der Waals surface area (Å²) in [6, 6.07) is 8.25. The molecule has 0 bridgehead atoms. The van der Waals surface area contributed by atoms with E-state index in [0.29, 0.717) is 26.0 Å². The molecule has 1 heterocycles. The first-order valence-corrected chi connectivity index (χ1v) is 9.86. The topological polar surface area (TPSA) is 58.6 Å². The Balaban J connectivity index is 1.62. The SMILES string of the molecule is CCOc1ccc(CCN2C(=O)CC[C@@]2(C)C(=O)NC2CCCC2)cc1. The van der Waals surface area contributed by atoms with Crippen molar-refractivity contribution in [3.05, 3.63) is 29.8 Å². The molecule has 0 unspecified atom stereocenters. The van der Waals surface area contributed by atoms with Crippen LogP contribution in [-0.4, -0.2) is 41.4 Å². The van der Waals surface area contributed by atoms with E-state index in [4.69, 9.17) is 4.74 Å². The second-order valence-corrected chi connectivity index (χ2v) is 7.60. The third-order valence-electron chi connectivity index (χ3n) is 5.76. The Labute approximate surface area is 156 Å². The summed E-state index contributed by atoms with van der Waals surface area (Å²) in [6.07, 6.45) is 6.28. The Morgan fingerprint density at radius 2 is 1.96 bits per heavy atom. The zero-order valence-electron chi connectivity index (χ0n) is 15.9. The molecule has 1 aromatic rings. The van der Waals surface area contributed by atoms with Crippen LogP contribution in [0.15, 0.2) is 24.3 Å². The summed E-state index contributed by atoms with van der Waals surface area (Å²) >= 11 is 0. The third-order valence-corrected chi connectivity index (χ3v) is 5.76. The lowest BCUT2D eigenvalue weighted by molar-refractivity contribution is -0.140. The minimum absolute atomic E-state index is 0.0157. The van der Waals surface area contributed by atoms with Crippen molar-refractivity contribution >= 4 is 11.8 Å². The van der Waals surface area contributed by atoms with Gasteiger partial charge in [-0.05, 0) is 57.2 Å². The predicted octanol–water partition coefficient (Wildman–Crippen LogP) is 3.07. The molecule has 1 aliphatic carbocycles. The van der Waals surface area contributed by atoms with Crippen molar-refractivity contribution in [1.29, 1.82) is 0 Å². The predicted molar refractivity (Wildman–Crippen MR) is 101 cm³/mol. The van der Waals surface area contributed by atoms with Crippen LogP contribution < -0.4 is 10.1 Å². The molecule has 0 aromatic heterocycles. The number of rotatable bonds is 7. The molecular formula is C21H30N2O3. The molecule has 142 valence electrons. The van der Waals surface area contributed by atoms with Crippen LogP contribution >= 0.6 is 0 Å². The lowest BCUT2D eigenvalue weighted by atomic mass is 9.96. The summed E-state index contributed by atoms with van der Waals surface area (Å²) in [4.78, 5) is 27.1. The van der Waals surface area contributed by atoms with Gasteiger partial charge < -0.3 is 15.0 Å². The lowest BCUT2D eigenvalue weighted by Crippen LogP contribution is -2.56. The maximum Gasteiger partial charge on any atom is 0.245 e. The highest BCUT2D eigenvalue weighted by molar-refractivity contribution is 5.94. The van der Waals surface area contributed by atoms with Gasteiger partial charge in [-0.15, -0.1) is 0 Å². The summed E-state index contributed by atoms with van der Waals surface area (Å²) in [5, 5.41) is 3.18. The highest BCUT2D eigenvalue weighted by Crippen LogP contribution is 2.31. The summed E-state index contributed by atoms with van der Waals surface area (Å²) in [5.74, 6) is 0.955. The van der Waals surface area contributed by atoms with Gasteiger partial charge in [0.15, 0.2) is 0 Å². The number of carbonyl (C=O) groups excluding carboxylic acids is 2. The highest BCUT2D eigenvalue weighted by atomic mass is 16.5. The van der Waals surface area contributed by atoms with Gasteiger partial charge >= 0.3 is 0 Å². The summed E-state index contributed by atoms with van der Waals surface area (Å²) < 4.78 is 5.47. The summed E-state index contributed by atoms with van der Waals surface area (Å²) in [7, 11) is 0. The van der Waals surface area contributed by atoms with Gasteiger partial charge in [-0.3, -0.25) is 9.59 Å². The van der Waals surface area contributed by atoms with Crippen molar-refractivity contribution in [1.82, 2.24) is 10.2 Å². The Kier molecular flexibility index (Phi) is 5.84. The van der Waals surface area contributed by atoms with Gasteiger partial charge in [0.25, 0.3) is 0 Å². The minimum Gasteiger partial charge on any atom is -0.494 e. The van der Waals surface area contributed by atoms with Gasteiger partial charge in [0.2, 0.25) is 11.8 Å². The lowest BCUT2D eigenvalue weighted by Gasteiger charge is -2.35. The zero-order valence-corrected chi connectivity index (χ0v) is 15.9. The minimum atomic E-state index is -0.717. The monoisotopic (exact) mass is 358 g/mol. The number of likely N-dealkylation sites (tertiary alicyclic amines) is 1. The van der Waals surface area contributed by atoms with Gasteiger partial charge in [0, 0.05) is 19.0 Å². The van der Waals surface area contributed by atoms with Crippen LogP contribution in [0.4, 0.5) is 0 Å². The average molecular weight is 358 g/mol. The molecule has 1 atom stereocenters. The van der Waals surface area contributed by atoms with Crippen LogP contribution in [0.1, 0.15) is 57.9 Å². The van der Waals surface area contributed by atoms with Crippen LogP contribution in [0.5, 0.6) is 5.75 Å². The number of carbonyl (C=O) groups is 2. The zero-order chi connectivity index (χ0) is 18.6.